The van der Waals surface area contributed by atoms with Crippen molar-refractivity contribution in [2.24, 2.45) is 0 Å². The van der Waals surface area contributed by atoms with E-state index in [4.69, 9.17) is 20.2 Å². The summed E-state index contributed by atoms with van der Waals surface area (Å²) in [5, 5.41) is 12.6. The fourth-order valence-corrected chi connectivity index (χ4v) is 3.16. The van der Waals surface area contributed by atoms with E-state index in [9.17, 15) is 9.59 Å². The lowest BCUT2D eigenvalue weighted by Gasteiger charge is -2.26. The molecule has 2 heterocycles. The molecule has 170 valence electrons. The number of unbranched alkanes of at least 4 members (excludes halogenated alkanes) is 2. The highest BCUT2D eigenvalue weighted by atomic mass is 16.5. The molecule has 8 heteroatoms. The highest BCUT2D eigenvalue weighted by molar-refractivity contribution is 5.93. The number of carboxylic acid groups (broad SMARTS) is 1. The van der Waals surface area contributed by atoms with Gasteiger partial charge >= 0.3 is 5.97 Å². The smallest absolute Gasteiger partial charge is 0.303 e. The minimum atomic E-state index is -1.23. The van der Waals surface area contributed by atoms with E-state index in [1.807, 2.05) is 24.3 Å². The minimum absolute atomic E-state index is 0.0820. The predicted octanol–water partition coefficient (Wildman–Crippen LogP) is 5.01. The molecule has 0 fully saturated rings. The van der Waals surface area contributed by atoms with Crippen molar-refractivity contribution in [3.05, 3.63) is 60.0 Å². The van der Waals surface area contributed by atoms with Gasteiger partial charge in [-0.3, -0.25) is 9.59 Å². The quantitative estimate of drug-likeness (QED) is 0.394. The number of rotatable bonds is 12. The van der Waals surface area contributed by atoms with Gasteiger partial charge in [0.1, 0.15) is 5.75 Å². The molecular formula is C24H28N2O6. The van der Waals surface area contributed by atoms with Gasteiger partial charge in [0.2, 0.25) is 5.76 Å². The third-order valence-corrected chi connectivity index (χ3v) is 4.87. The van der Waals surface area contributed by atoms with Crippen LogP contribution < -0.4 is 4.74 Å². The molecule has 3 aromatic rings. The number of aromatic nitrogens is 1. The first kappa shape index (κ1) is 21.7. The Bertz CT molecular complexity index is 1060. The summed E-state index contributed by atoms with van der Waals surface area (Å²) >= 11 is 0. The van der Waals surface area contributed by atoms with Gasteiger partial charge < -0.3 is 23.7 Å². The molecule has 3 rings (SSSR count). The van der Waals surface area contributed by atoms with Gasteiger partial charge in [-0.15, -0.1) is 0 Å². The fourth-order valence-electron chi connectivity index (χ4n) is 3.16. The molecule has 0 unspecified atom stereocenters. The van der Waals surface area contributed by atoms with Crippen molar-refractivity contribution in [1.29, 1.82) is 0 Å². The van der Waals surface area contributed by atoms with Gasteiger partial charge in [0.05, 0.1) is 14.2 Å². The SMILES string of the molecule is [2H]C(C)(C)N(Cc1ccccc1OCCCCCC(=O)O)C(=O)c1cc(-c2ccco2)on1. The summed E-state index contributed by atoms with van der Waals surface area (Å²) in [4.78, 5) is 25.2. The van der Waals surface area contributed by atoms with E-state index in [0.29, 0.717) is 30.3 Å². The highest BCUT2D eigenvalue weighted by Gasteiger charge is 2.24. The van der Waals surface area contributed by atoms with Crippen molar-refractivity contribution in [2.45, 2.75) is 52.1 Å². The summed E-state index contributed by atoms with van der Waals surface area (Å²) in [6, 6.07) is 11.0. The zero-order valence-corrected chi connectivity index (χ0v) is 18.2. The number of para-hydroxylation sites is 1. The Labute approximate surface area is 188 Å². The number of hydrogen-bond donors (Lipinski definition) is 1. The number of carbonyl (C=O) groups excluding carboxylic acids is 1. The Morgan fingerprint density at radius 1 is 1.16 bits per heavy atom. The van der Waals surface area contributed by atoms with Crippen LogP contribution in [0.1, 0.15) is 57.0 Å². The average Bonchev–Trinajstić information content (AvgIpc) is 3.45. The van der Waals surface area contributed by atoms with Crippen LogP contribution in [0.4, 0.5) is 0 Å². The Kier molecular flexibility index (Phi) is 7.57. The van der Waals surface area contributed by atoms with E-state index in [0.717, 1.165) is 18.4 Å². The molecule has 32 heavy (non-hydrogen) atoms. The van der Waals surface area contributed by atoms with Gasteiger partial charge in [-0.1, -0.05) is 23.4 Å². The molecule has 0 spiro atoms. The summed E-state index contributed by atoms with van der Waals surface area (Å²) in [7, 11) is 0. The number of aliphatic carboxylic acids is 1. The molecule has 0 saturated carbocycles. The molecule has 1 aromatic carbocycles. The van der Waals surface area contributed by atoms with E-state index in [2.05, 4.69) is 5.16 Å². The standard InChI is InChI=1S/C24H28N2O6/c1-17(2)26(24(29)19-15-22(32-25-19)21-11-8-14-31-21)16-18-9-5-6-10-20(18)30-13-7-3-4-12-23(27)28/h5-6,8-11,14-15,17H,3-4,7,12-13,16H2,1-2H3,(H,27,28)/i17D. The molecule has 1 N–H and O–H groups in total. The van der Waals surface area contributed by atoms with Crippen LogP contribution in [0.2, 0.25) is 0 Å². The Morgan fingerprint density at radius 2 is 1.97 bits per heavy atom. The second-order valence-electron chi connectivity index (χ2n) is 7.55. The summed E-state index contributed by atoms with van der Waals surface area (Å²) in [6.45, 7) is 3.84. The lowest BCUT2D eigenvalue weighted by molar-refractivity contribution is -0.137. The lowest BCUT2D eigenvalue weighted by Crippen LogP contribution is -2.36. The average molecular weight is 442 g/mol. The van der Waals surface area contributed by atoms with Crippen molar-refractivity contribution in [3.8, 4) is 17.3 Å². The molecule has 0 radical (unpaired) electrons. The second-order valence-corrected chi connectivity index (χ2v) is 7.55. The molecule has 0 aliphatic carbocycles. The summed E-state index contributed by atoms with van der Waals surface area (Å²) < 4.78 is 25.0. The van der Waals surface area contributed by atoms with Crippen LogP contribution in [0, 0.1) is 0 Å². The first-order chi connectivity index (χ1) is 15.8. The first-order valence-corrected chi connectivity index (χ1v) is 10.5. The summed E-state index contributed by atoms with van der Waals surface area (Å²) in [6.07, 6.45) is 3.73. The maximum Gasteiger partial charge on any atom is 0.303 e. The topological polar surface area (TPSA) is 106 Å². The Balaban J connectivity index is 1.70. The summed E-state index contributed by atoms with van der Waals surface area (Å²) in [5.41, 5.74) is 0.838. The number of furan rings is 1. The maximum atomic E-state index is 13.2. The van der Waals surface area contributed by atoms with E-state index < -0.39 is 17.9 Å². The number of hydrogen-bond acceptors (Lipinski definition) is 6. The number of ether oxygens (including phenoxy) is 1. The van der Waals surface area contributed by atoms with Gasteiger partial charge in [-0.25, -0.2) is 0 Å². The van der Waals surface area contributed by atoms with E-state index in [1.54, 1.807) is 26.0 Å². The van der Waals surface area contributed by atoms with Gasteiger partial charge in [0, 0.05) is 30.6 Å². The third kappa shape index (κ3) is 6.23. The number of carboxylic acids is 1. The Morgan fingerprint density at radius 3 is 2.69 bits per heavy atom. The Hall–Kier alpha value is -3.55. The van der Waals surface area contributed by atoms with Crippen LogP contribution in [-0.4, -0.2) is 39.7 Å². The molecule has 0 bridgehead atoms. The predicted molar refractivity (Wildman–Crippen MR) is 117 cm³/mol. The van der Waals surface area contributed by atoms with Crippen LogP contribution in [0.25, 0.3) is 11.5 Å². The van der Waals surface area contributed by atoms with Crippen LogP contribution in [-0.2, 0) is 11.3 Å². The fraction of sp³-hybridized carbons (Fsp3) is 0.375. The van der Waals surface area contributed by atoms with E-state index >= 15 is 0 Å². The van der Waals surface area contributed by atoms with Crippen molar-refractivity contribution >= 4 is 11.9 Å². The third-order valence-electron chi connectivity index (χ3n) is 4.87. The number of carbonyl (C=O) groups is 2. The minimum Gasteiger partial charge on any atom is -0.493 e. The molecule has 0 saturated heterocycles. The van der Waals surface area contributed by atoms with Crippen LogP contribution in [0.5, 0.6) is 5.75 Å². The maximum absolute atomic E-state index is 13.2. The number of amides is 1. The van der Waals surface area contributed by atoms with Gasteiger partial charge in [0.15, 0.2) is 11.5 Å². The highest BCUT2D eigenvalue weighted by Crippen LogP contribution is 2.25. The van der Waals surface area contributed by atoms with Crippen molar-refractivity contribution in [2.75, 3.05) is 6.61 Å². The zero-order valence-electron chi connectivity index (χ0n) is 19.2. The monoisotopic (exact) mass is 441 g/mol. The van der Waals surface area contributed by atoms with E-state index in [-0.39, 0.29) is 18.7 Å². The van der Waals surface area contributed by atoms with Crippen molar-refractivity contribution < 1.29 is 29.7 Å². The normalized spacial score (nSPS) is 11.8. The van der Waals surface area contributed by atoms with Gasteiger partial charge in [-0.2, -0.15) is 0 Å². The first-order valence-electron chi connectivity index (χ1n) is 11.0. The van der Waals surface area contributed by atoms with E-state index in [1.165, 1.54) is 17.2 Å². The van der Waals surface area contributed by atoms with Crippen LogP contribution >= 0.6 is 0 Å². The van der Waals surface area contributed by atoms with Crippen LogP contribution in [0.15, 0.2) is 57.7 Å². The molecule has 1 amide bonds. The van der Waals surface area contributed by atoms with Crippen LogP contribution in [0.3, 0.4) is 0 Å². The van der Waals surface area contributed by atoms with Crippen molar-refractivity contribution in [1.82, 2.24) is 10.1 Å². The molecule has 0 aliphatic heterocycles. The van der Waals surface area contributed by atoms with Crippen molar-refractivity contribution in [3.63, 3.8) is 0 Å². The van der Waals surface area contributed by atoms with Gasteiger partial charge in [0.25, 0.3) is 5.91 Å². The molecule has 0 atom stereocenters. The molecular weight excluding hydrogens is 412 g/mol. The second kappa shape index (κ2) is 11.2. The number of nitrogens with zero attached hydrogens (tertiary/aromatic N) is 2. The number of benzene rings is 1. The zero-order chi connectivity index (χ0) is 23.8. The molecule has 8 nitrogen and oxygen atoms in total. The lowest BCUT2D eigenvalue weighted by atomic mass is 10.1. The largest absolute Gasteiger partial charge is 0.493 e. The summed E-state index contributed by atoms with van der Waals surface area (Å²) in [5.74, 6) is 0.166. The molecule has 0 aliphatic rings. The van der Waals surface area contributed by atoms with Gasteiger partial charge in [-0.05, 0) is 51.3 Å². The molecule has 2 aromatic heterocycles.